The van der Waals surface area contributed by atoms with Gasteiger partial charge in [-0.2, -0.15) is 0 Å². The minimum Gasteiger partial charge on any atom is -0.394 e. The largest absolute Gasteiger partial charge is 0.394 e. The molecule has 0 aromatic rings. The topological polar surface area (TPSA) is 24.6 Å². The van der Waals surface area contributed by atoms with Crippen LogP contribution in [0.1, 0.15) is 19.3 Å². The summed E-state index contributed by atoms with van der Waals surface area (Å²) in [6.45, 7) is 6.63. The molecule has 0 spiro atoms. The van der Waals surface area contributed by atoms with Gasteiger partial charge < -0.3 is 5.11 Å². The van der Waals surface area contributed by atoms with Crippen molar-refractivity contribution in [2.24, 2.45) is 0 Å². The molecule has 0 heterocycles. The average molecular weight is 123 g/mol. The molecular weight excluding hydrogens is 114 g/mol. The predicted octanol–water partition coefficient (Wildman–Crippen LogP) is 1.33. The average Bonchev–Trinajstić information content (AvgIpc) is 1.88. The Bertz CT molecular complexity index is 166. The zero-order chi connectivity index (χ0) is 6.69. The fraction of sp³-hybridized carbons (Fsp3) is 0.571. The van der Waals surface area contributed by atoms with Crippen molar-refractivity contribution in [1.29, 1.82) is 0 Å². The zero-order valence-electron chi connectivity index (χ0n) is 5.17. The van der Waals surface area contributed by atoms with Crippen molar-refractivity contribution in [2.45, 2.75) is 25.4 Å². The molecule has 0 radical (unpaired) electrons. The normalized spacial score (nSPS) is 26.7. The molecule has 0 unspecified atom stereocenters. The Morgan fingerprint density at radius 1 is 1.78 bits per heavy atom. The molecule has 1 N–H and O–H groups in total. The lowest BCUT2D eigenvalue weighted by molar-refractivity contribution is 0.161. The molecule has 2 nitrogen and oxygen atoms in total. The molecule has 0 aromatic carbocycles. The van der Waals surface area contributed by atoms with Crippen LogP contribution in [0.5, 0.6) is 0 Å². The van der Waals surface area contributed by atoms with E-state index < -0.39 is 0 Å². The van der Waals surface area contributed by atoms with Crippen molar-refractivity contribution in [2.75, 3.05) is 0 Å². The summed E-state index contributed by atoms with van der Waals surface area (Å²) in [5.41, 5.74) is 0.716. The van der Waals surface area contributed by atoms with Crippen LogP contribution in [0.15, 0.2) is 11.8 Å². The second-order valence-corrected chi connectivity index (χ2v) is 2.24. The zero-order valence-corrected chi connectivity index (χ0v) is 5.17. The summed E-state index contributed by atoms with van der Waals surface area (Å²) in [6, 6.07) is 0. The highest BCUT2D eigenvalue weighted by Crippen LogP contribution is 2.18. The molecule has 1 aliphatic rings. The molecule has 1 rings (SSSR count). The molecule has 2 heteroatoms. The SMILES string of the molecule is [C-]#[N+]C1=CCC[C@@H](O)C1. The summed E-state index contributed by atoms with van der Waals surface area (Å²) in [7, 11) is 0. The Labute approximate surface area is 54.6 Å². The van der Waals surface area contributed by atoms with Gasteiger partial charge in [-0.25, -0.2) is 4.85 Å². The van der Waals surface area contributed by atoms with Gasteiger partial charge in [0, 0.05) is 12.5 Å². The first kappa shape index (κ1) is 6.31. The van der Waals surface area contributed by atoms with Gasteiger partial charge in [0.25, 0.3) is 0 Å². The van der Waals surface area contributed by atoms with E-state index in [2.05, 4.69) is 4.85 Å². The van der Waals surface area contributed by atoms with Gasteiger partial charge in [0.05, 0.1) is 6.57 Å². The third kappa shape index (κ3) is 1.55. The molecule has 0 saturated carbocycles. The van der Waals surface area contributed by atoms with Crippen LogP contribution in [0.2, 0.25) is 0 Å². The molecule has 0 saturated heterocycles. The fourth-order valence-electron chi connectivity index (χ4n) is 0.960. The summed E-state index contributed by atoms with van der Waals surface area (Å²) < 4.78 is 0. The van der Waals surface area contributed by atoms with E-state index in [1.165, 1.54) is 0 Å². The maximum atomic E-state index is 9.03. The Morgan fingerprint density at radius 2 is 2.56 bits per heavy atom. The van der Waals surface area contributed by atoms with Gasteiger partial charge in [0.15, 0.2) is 5.70 Å². The molecule has 1 aliphatic carbocycles. The first-order chi connectivity index (χ1) is 4.33. The van der Waals surface area contributed by atoms with Crippen LogP contribution in [0.3, 0.4) is 0 Å². The van der Waals surface area contributed by atoms with Crippen LogP contribution in [-0.4, -0.2) is 11.2 Å². The van der Waals surface area contributed by atoms with Crippen LogP contribution < -0.4 is 0 Å². The van der Waals surface area contributed by atoms with E-state index in [1.807, 2.05) is 6.08 Å². The lowest BCUT2D eigenvalue weighted by Gasteiger charge is -2.12. The van der Waals surface area contributed by atoms with Gasteiger partial charge >= 0.3 is 0 Å². The number of hydrogen-bond donors (Lipinski definition) is 1. The Morgan fingerprint density at radius 3 is 3.00 bits per heavy atom. The van der Waals surface area contributed by atoms with Crippen molar-refractivity contribution >= 4 is 0 Å². The van der Waals surface area contributed by atoms with Crippen molar-refractivity contribution in [1.82, 2.24) is 0 Å². The first-order valence-electron chi connectivity index (χ1n) is 3.07. The number of allylic oxidation sites excluding steroid dienone is 1. The van der Waals surface area contributed by atoms with Crippen molar-refractivity contribution in [3.05, 3.63) is 23.2 Å². The van der Waals surface area contributed by atoms with Crippen molar-refractivity contribution in [3.8, 4) is 0 Å². The standard InChI is InChI=1S/C7H9NO/c1-8-6-3-2-4-7(9)5-6/h3,7,9H,2,4-5H2/t7-/m1/s1. The van der Waals surface area contributed by atoms with Gasteiger partial charge in [-0.05, 0) is 12.8 Å². The lowest BCUT2D eigenvalue weighted by Crippen LogP contribution is -2.09. The molecule has 0 bridgehead atoms. The summed E-state index contributed by atoms with van der Waals surface area (Å²) in [5, 5.41) is 9.03. The Balaban J connectivity index is 2.56. The van der Waals surface area contributed by atoms with Gasteiger partial charge in [0.2, 0.25) is 0 Å². The van der Waals surface area contributed by atoms with E-state index >= 15 is 0 Å². The van der Waals surface area contributed by atoms with Crippen molar-refractivity contribution in [3.63, 3.8) is 0 Å². The number of nitrogens with zero attached hydrogens (tertiary/aromatic N) is 1. The third-order valence-electron chi connectivity index (χ3n) is 1.47. The van der Waals surface area contributed by atoms with E-state index in [-0.39, 0.29) is 6.10 Å². The van der Waals surface area contributed by atoms with Crippen LogP contribution in [0, 0.1) is 6.57 Å². The Hall–Kier alpha value is -0.810. The highest BCUT2D eigenvalue weighted by molar-refractivity contribution is 5.13. The summed E-state index contributed by atoms with van der Waals surface area (Å²) in [4.78, 5) is 3.25. The maximum Gasteiger partial charge on any atom is 0.164 e. The predicted molar refractivity (Wildman–Crippen MR) is 34.5 cm³/mol. The molecule has 9 heavy (non-hydrogen) atoms. The summed E-state index contributed by atoms with van der Waals surface area (Å²) >= 11 is 0. The maximum absolute atomic E-state index is 9.03. The lowest BCUT2D eigenvalue weighted by atomic mass is 10.0. The second kappa shape index (κ2) is 2.65. The quantitative estimate of drug-likeness (QED) is 0.483. The van der Waals surface area contributed by atoms with E-state index in [1.54, 1.807) is 0 Å². The second-order valence-electron chi connectivity index (χ2n) is 2.24. The van der Waals surface area contributed by atoms with E-state index in [0.717, 1.165) is 12.8 Å². The van der Waals surface area contributed by atoms with Crippen LogP contribution in [0.4, 0.5) is 0 Å². The summed E-state index contributed by atoms with van der Waals surface area (Å²) in [5.74, 6) is 0. The first-order valence-corrected chi connectivity index (χ1v) is 3.07. The highest BCUT2D eigenvalue weighted by Gasteiger charge is 2.11. The fourth-order valence-corrected chi connectivity index (χ4v) is 0.960. The molecule has 0 fully saturated rings. The molecule has 1 atom stereocenters. The minimum atomic E-state index is -0.265. The molecule has 0 aliphatic heterocycles. The van der Waals surface area contributed by atoms with E-state index in [0.29, 0.717) is 12.1 Å². The van der Waals surface area contributed by atoms with Crippen LogP contribution in [0.25, 0.3) is 4.85 Å². The van der Waals surface area contributed by atoms with Gasteiger partial charge in [-0.3, -0.25) is 0 Å². The molecule has 0 aromatic heterocycles. The van der Waals surface area contributed by atoms with Crippen LogP contribution >= 0.6 is 0 Å². The molecular formula is C7H9NO. The van der Waals surface area contributed by atoms with E-state index in [9.17, 15) is 0 Å². The molecule has 48 valence electrons. The Kier molecular flexibility index (Phi) is 1.86. The third-order valence-corrected chi connectivity index (χ3v) is 1.47. The minimum absolute atomic E-state index is 0.265. The van der Waals surface area contributed by atoms with E-state index in [4.69, 9.17) is 11.7 Å². The van der Waals surface area contributed by atoms with Gasteiger partial charge in [0.1, 0.15) is 0 Å². The van der Waals surface area contributed by atoms with Crippen molar-refractivity contribution < 1.29 is 5.11 Å². The van der Waals surface area contributed by atoms with Gasteiger partial charge in [-0.15, -0.1) is 0 Å². The number of hydrogen-bond acceptors (Lipinski definition) is 1. The monoisotopic (exact) mass is 123 g/mol. The number of aliphatic hydroxyl groups excluding tert-OH is 1. The van der Waals surface area contributed by atoms with Crippen LogP contribution in [-0.2, 0) is 0 Å². The number of rotatable bonds is 0. The van der Waals surface area contributed by atoms with Gasteiger partial charge in [-0.1, -0.05) is 6.08 Å². The number of aliphatic hydroxyl groups is 1. The highest BCUT2D eigenvalue weighted by atomic mass is 16.3. The molecule has 0 amide bonds. The summed E-state index contributed by atoms with van der Waals surface area (Å²) in [6.07, 6.45) is 3.88. The smallest absolute Gasteiger partial charge is 0.164 e.